The molecule has 0 radical (unpaired) electrons. The lowest BCUT2D eigenvalue weighted by Crippen LogP contribution is -2.05. The van der Waals surface area contributed by atoms with Crippen molar-refractivity contribution in [3.05, 3.63) is 29.8 Å². The Morgan fingerprint density at radius 1 is 1.05 bits per heavy atom. The van der Waals surface area contributed by atoms with E-state index in [4.69, 9.17) is 14.2 Å². The van der Waals surface area contributed by atoms with Gasteiger partial charge >= 0.3 is 0 Å². The molecule has 0 unspecified atom stereocenters. The molecule has 0 aliphatic rings. The summed E-state index contributed by atoms with van der Waals surface area (Å²) in [5.41, 5.74) is 1.37. The van der Waals surface area contributed by atoms with Crippen molar-refractivity contribution >= 4 is 5.78 Å². The summed E-state index contributed by atoms with van der Waals surface area (Å²) in [4.78, 5) is 12.2. The number of ketones is 1. The lowest BCUT2D eigenvalue weighted by Gasteiger charge is -2.13. The van der Waals surface area contributed by atoms with Crippen LogP contribution in [0.4, 0.5) is 0 Å². The van der Waals surface area contributed by atoms with Gasteiger partial charge in [-0.2, -0.15) is 0 Å². The maximum absolute atomic E-state index is 12.2. The van der Waals surface area contributed by atoms with Crippen LogP contribution in [0.25, 0.3) is 0 Å². The topological polar surface area (TPSA) is 44.8 Å². The first kappa shape index (κ1) is 15.1. The molecule has 0 aliphatic heterocycles. The highest BCUT2D eigenvalue weighted by molar-refractivity contribution is 6.00. The van der Waals surface area contributed by atoms with Crippen molar-refractivity contribution in [3.8, 4) is 17.2 Å². The zero-order valence-electron chi connectivity index (χ0n) is 11.9. The molecule has 0 aromatic heterocycles. The number of methoxy groups -OCH3 is 3. The Labute approximate surface area is 114 Å². The van der Waals surface area contributed by atoms with Gasteiger partial charge < -0.3 is 14.2 Å². The molecule has 0 amide bonds. The summed E-state index contributed by atoms with van der Waals surface area (Å²) in [6.07, 6.45) is 1.09. The average Bonchev–Trinajstić information content (AvgIpc) is 2.45. The summed E-state index contributed by atoms with van der Waals surface area (Å²) < 4.78 is 15.6. The van der Waals surface area contributed by atoms with Gasteiger partial charge in [0.15, 0.2) is 17.3 Å². The van der Waals surface area contributed by atoms with Gasteiger partial charge in [0.25, 0.3) is 0 Å². The van der Waals surface area contributed by atoms with E-state index < -0.39 is 0 Å². The number of allylic oxidation sites excluding steroid dienone is 1. The van der Waals surface area contributed by atoms with Crippen LogP contribution in [0.3, 0.4) is 0 Å². The first-order valence-electron chi connectivity index (χ1n) is 6.07. The lowest BCUT2D eigenvalue weighted by molar-refractivity contribution is 0.0989. The zero-order chi connectivity index (χ0) is 14.4. The summed E-state index contributed by atoms with van der Waals surface area (Å²) in [7, 11) is 4.59. The van der Waals surface area contributed by atoms with E-state index in [1.165, 1.54) is 21.3 Å². The van der Waals surface area contributed by atoms with Crippen LogP contribution in [-0.2, 0) is 0 Å². The molecule has 0 atom stereocenters. The molecule has 4 nitrogen and oxygen atoms in total. The molecule has 0 bridgehead atoms. The summed E-state index contributed by atoms with van der Waals surface area (Å²) in [6, 6.07) is 3.30. The van der Waals surface area contributed by atoms with E-state index in [0.717, 1.165) is 12.0 Å². The fraction of sp³-hybridized carbons (Fsp3) is 0.400. The minimum Gasteiger partial charge on any atom is -0.496 e. The van der Waals surface area contributed by atoms with Crippen LogP contribution in [0.5, 0.6) is 17.2 Å². The predicted molar refractivity (Wildman–Crippen MR) is 74.5 cm³/mol. The van der Waals surface area contributed by atoms with Gasteiger partial charge in [-0.15, -0.1) is 0 Å². The van der Waals surface area contributed by atoms with Crippen molar-refractivity contribution in [3.63, 3.8) is 0 Å². The summed E-state index contributed by atoms with van der Waals surface area (Å²) in [6.45, 7) is 5.83. The number of hydrogen-bond donors (Lipinski definition) is 0. The van der Waals surface area contributed by atoms with Crippen LogP contribution in [0, 0.1) is 0 Å². The van der Waals surface area contributed by atoms with E-state index in [2.05, 4.69) is 6.58 Å². The van der Waals surface area contributed by atoms with Crippen LogP contribution in [0.1, 0.15) is 30.1 Å². The van der Waals surface area contributed by atoms with E-state index in [9.17, 15) is 4.79 Å². The quantitative estimate of drug-likeness (QED) is 0.560. The van der Waals surface area contributed by atoms with E-state index >= 15 is 0 Å². The van der Waals surface area contributed by atoms with E-state index in [1.54, 1.807) is 12.1 Å². The first-order valence-corrected chi connectivity index (χ1v) is 6.07. The van der Waals surface area contributed by atoms with Crippen molar-refractivity contribution in [2.75, 3.05) is 21.3 Å². The molecule has 4 heteroatoms. The van der Waals surface area contributed by atoms with E-state index in [1.807, 2.05) is 6.92 Å². The molecule has 104 valence electrons. The highest BCUT2D eigenvalue weighted by Gasteiger charge is 2.17. The molecule has 0 fully saturated rings. The van der Waals surface area contributed by atoms with E-state index in [0.29, 0.717) is 29.2 Å². The number of carbonyl (C=O) groups excluding carboxylic acids is 1. The van der Waals surface area contributed by atoms with Crippen molar-refractivity contribution in [1.82, 2.24) is 0 Å². The van der Waals surface area contributed by atoms with E-state index in [-0.39, 0.29) is 5.78 Å². The van der Waals surface area contributed by atoms with Gasteiger partial charge in [-0.05, 0) is 12.5 Å². The minimum atomic E-state index is -0.0374. The third kappa shape index (κ3) is 3.50. The van der Waals surface area contributed by atoms with Crippen LogP contribution in [0.2, 0.25) is 0 Å². The molecule has 1 rings (SSSR count). The minimum absolute atomic E-state index is 0.0374. The second kappa shape index (κ2) is 6.83. The smallest absolute Gasteiger partial charge is 0.170 e. The molecule has 1 aromatic rings. The highest BCUT2D eigenvalue weighted by atomic mass is 16.5. The van der Waals surface area contributed by atoms with Crippen molar-refractivity contribution in [1.29, 1.82) is 0 Å². The number of benzene rings is 1. The molecule has 0 spiro atoms. The molecule has 0 N–H and O–H groups in total. The molecular weight excluding hydrogens is 244 g/mol. The van der Waals surface area contributed by atoms with Gasteiger partial charge in [0.2, 0.25) is 0 Å². The molecular formula is C15H20O4. The number of Topliss-reactive ketones (excluding diaryl/α,β-unsaturated/α-hetero) is 1. The Kier molecular flexibility index (Phi) is 5.42. The van der Waals surface area contributed by atoms with Gasteiger partial charge in [0.05, 0.1) is 26.9 Å². The molecule has 19 heavy (non-hydrogen) atoms. The van der Waals surface area contributed by atoms with Crippen LogP contribution < -0.4 is 14.2 Å². The Balaban J connectivity index is 3.18. The number of rotatable bonds is 7. The van der Waals surface area contributed by atoms with Crippen molar-refractivity contribution in [2.24, 2.45) is 0 Å². The lowest BCUT2D eigenvalue weighted by atomic mass is 10.0. The molecule has 1 aromatic carbocycles. The summed E-state index contributed by atoms with van der Waals surface area (Å²) in [5.74, 6) is 1.48. The first-order chi connectivity index (χ1) is 9.07. The predicted octanol–water partition coefficient (Wildman–Crippen LogP) is 3.25. The average molecular weight is 264 g/mol. The van der Waals surface area contributed by atoms with Crippen LogP contribution in [-0.4, -0.2) is 27.1 Å². The Bertz CT molecular complexity index is 477. The van der Waals surface area contributed by atoms with Crippen LogP contribution in [0.15, 0.2) is 24.3 Å². The van der Waals surface area contributed by atoms with Gasteiger partial charge in [-0.25, -0.2) is 0 Å². The molecule has 0 saturated heterocycles. The normalized spacial score (nSPS) is 9.89. The second-order valence-corrected chi connectivity index (χ2v) is 4.11. The maximum Gasteiger partial charge on any atom is 0.170 e. The number of hydrogen-bond acceptors (Lipinski definition) is 4. The molecule has 0 saturated carbocycles. The van der Waals surface area contributed by atoms with Crippen molar-refractivity contribution in [2.45, 2.75) is 19.8 Å². The van der Waals surface area contributed by atoms with Crippen molar-refractivity contribution < 1.29 is 19.0 Å². The molecule has 0 heterocycles. The SMILES string of the molecule is C=C(CC)CC(=O)c1cc(OC)c(OC)cc1OC. The monoisotopic (exact) mass is 264 g/mol. The number of carbonyl (C=O) groups is 1. The zero-order valence-corrected chi connectivity index (χ0v) is 11.9. The van der Waals surface area contributed by atoms with Crippen LogP contribution >= 0.6 is 0 Å². The Morgan fingerprint density at radius 3 is 2.05 bits per heavy atom. The standard InChI is InChI=1S/C15H20O4/c1-6-10(2)7-12(16)11-8-14(18-4)15(19-5)9-13(11)17-3/h8-9H,2,6-7H2,1,3-5H3. The molecule has 0 aliphatic carbocycles. The second-order valence-electron chi connectivity index (χ2n) is 4.11. The summed E-state index contributed by atoms with van der Waals surface area (Å²) >= 11 is 0. The Hall–Kier alpha value is -1.97. The fourth-order valence-corrected chi connectivity index (χ4v) is 1.69. The van der Waals surface area contributed by atoms with Gasteiger partial charge in [0.1, 0.15) is 5.75 Å². The highest BCUT2D eigenvalue weighted by Crippen LogP contribution is 2.35. The van der Waals surface area contributed by atoms with Gasteiger partial charge in [0, 0.05) is 12.5 Å². The largest absolute Gasteiger partial charge is 0.496 e. The maximum atomic E-state index is 12.2. The van der Waals surface area contributed by atoms with Gasteiger partial charge in [-0.3, -0.25) is 4.79 Å². The fourth-order valence-electron chi connectivity index (χ4n) is 1.69. The third-order valence-electron chi connectivity index (χ3n) is 2.92. The summed E-state index contributed by atoms with van der Waals surface area (Å²) in [5, 5.41) is 0. The Morgan fingerprint density at radius 2 is 1.58 bits per heavy atom. The number of ether oxygens (including phenoxy) is 3. The third-order valence-corrected chi connectivity index (χ3v) is 2.92. The van der Waals surface area contributed by atoms with Gasteiger partial charge in [-0.1, -0.05) is 19.1 Å².